The summed E-state index contributed by atoms with van der Waals surface area (Å²) in [5.74, 6) is -1.29. The van der Waals surface area contributed by atoms with E-state index in [-0.39, 0.29) is 11.8 Å². The van der Waals surface area contributed by atoms with Gasteiger partial charge in [-0.2, -0.15) is 0 Å². The highest BCUT2D eigenvalue weighted by Crippen LogP contribution is 2.31. The topological polar surface area (TPSA) is 122 Å². The van der Waals surface area contributed by atoms with Crippen molar-refractivity contribution in [2.24, 2.45) is 11.7 Å². The van der Waals surface area contributed by atoms with Crippen LogP contribution in [-0.2, 0) is 16.1 Å². The number of hydrogen-bond acceptors (Lipinski definition) is 6. The Kier molecular flexibility index (Phi) is 11.9. The number of carbonyl (C=O) groups is 2. The Morgan fingerprint density at radius 2 is 1.67 bits per heavy atom. The van der Waals surface area contributed by atoms with Crippen molar-refractivity contribution in [2.45, 2.75) is 77.2 Å². The Balaban J connectivity index is 1.45. The number of nitrogens with zero attached hydrogens (tertiary/aromatic N) is 4. The number of pyridine rings is 2. The molecule has 1 saturated heterocycles. The van der Waals surface area contributed by atoms with Gasteiger partial charge in [-0.05, 0) is 38.3 Å². The van der Waals surface area contributed by atoms with E-state index in [1.165, 1.54) is 44.4 Å². The van der Waals surface area contributed by atoms with Gasteiger partial charge in [0.25, 0.3) is 5.56 Å². The number of aliphatic carboxylic acids is 1. The number of benzene rings is 1. The lowest BCUT2D eigenvalue weighted by Crippen LogP contribution is -2.45. The van der Waals surface area contributed by atoms with Crippen molar-refractivity contribution >= 4 is 34.0 Å². The van der Waals surface area contributed by atoms with Crippen molar-refractivity contribution in [2.75, 3.05) is 36.0 Å². The molecular formula is C33H45N5O4. The van der Waals surface area contributed by atoms with Gasteiger partial charge in [-0.15, -0.1) is 0 Å². The van der Waals surface area contributed by atoms with Crippen LogP contribution in [0.5, 0.6) is 0 Å². The monoisotopic (exact) mass is 575 g/mol. The maximum atomic E-state index is 14.1. The van der Waals surface area contributed by atoms with Crippen molar-refractivity contribution in [3.8, 4) is 0 Å². The van der Waals surface area contributed by atoms with Crippen LogP contribution in [-0.4, -0.2) is 52.7 Å². The molecule has 1 atom stereocenters. The lowest BCUT2D eigenvalue weighted by atomic mass is 9.95. The molecule has 3 heterocycles. The zero-order chi connectivity index (χ0) is 29.7. The van der Waals surface area contributed by atoms with E-state index in [2.05, 4.69) is 16.0 Å². The first kappa shape index (κ1) is 31.2. The SMILES string of the molecule is NCCCCCCCCCCCN(C(=O)C1CCCN(c2cncc3ccccc23)C1)c1ccc(=O)n(CC(=O)O)c1. The number of nitrogens with two attached hydrogens (primary N) is 1. The minimum Gasteiger partial charge on any atom is -0.480 e. The highest BCUT2D eigenvalue weighted by molar-refractivity contribution is 5.96. The van der Waals surface area contributed by atoms with Gasteiger partial charge in [0.05, 0.1) is 23.5 Å². The molecule has 42 heavy (non-hydrogen) atoms. The van der Waals surface area contributed by atoms with Gasteiger partial charge < -0.3 is 25.2 Å². The number of rotatable bonds is 16. The Morgan fingerprint density at radius 3 is 2.40 bits per heavy atom. The molecule has 0 aliphatic carbocycles. The summed E-state index contributed by atoms with van der Waals surface area (Å²) in [6.07, 6.45) is 17.1. The van der Waals surface area contributed by atoms with Gasteiger partial charge >= 0.3 is 5.97 Å². The van der Waals surface area contributed by atoms with Crippen LogP contribution in [0.3, 0.4) is 0 Å². The number of unbranched alkanes of at least 4 members (excludes halogenated alkanes) is 8. The molecule has 1 unspecified atom stereocenters. The molecule has 0 spiro atoms. The summed E-state index contributed by atoms with van der Waals surface area (Å²) in [5, 5.41) is 11.5. The van der Waals surface area contributed by atoms with Crippen LogP contribution < -0.4 is 21.1 Å². The molecule has 2 aromatic heterocycles. The summed E-state index contributed by atoms with van der Waals surface area (Å²) in [6.45, 7) is 2.31. The van der Waals surface area contributed by atoms with E-state index in [4.69, 9.17) is 5.73 Å². The van der Waals surface area contributed by atoms with Crippen LogP contribution in [0.4, 0.5) is 11.4 Å². The van der Waals surface area contributed by atoms with Gasteiger partial charge in [0.15, 0.2) is 0 Å². The zero-order valence-corrected chi connectivity index (χ0v) is 24.6. The molecule has 1 aromatic carbocycles. The predicted molar refractivity (Wildman–Crippen MR) is 168 cm³/mol. The molecule has 3 aromatic rings. The summed E-state index contributed by atoms with van der Waals surface area (Å²) < 4.78 is 1.16. The molecule has 9 heteroatoms. The number of amides is 1. The quantitative estimate of drug-likeness (QED) is 0.225. The highest BCUT2D eigenvalue weighted by Gasteiger charge is 2.31. The van der Waals surface area contributed by atoms with Crippen LogP contribution >= 0.6 is 0 Å². The third-order valence-electron chi connectivity index (χ3n) is 8.20. The fourth-order valence-corrected chi connectivity index (χ4v) is 5.94. The lowest BCUT2D eigenvalue weighted by Gasteiger charge is -2.36. The van der Waals surface area contributed by atoms with Gasteiger partial charge in [0.1, 0.15) is 6.54 Å². The fourth-order valence-electron chi connectivity index (χ4n) is 5.94. The van der Waals surface area contributed by atoms with E-state index < -0.39 is 18.1 Å². The second kappa shape index (κ2) is 16.1. The third kappa shape index (κ3) is 8.64. The largest absolute Gasteiger partial charge is 0.480 e. The maximum Gasteiger partial charge on any atom is 0.323 e. The zero-order valence-electron chi connectivity index (χ0n) is 24.6. The van der Waals surface area contributed by atoms with Crippen molar-refractivity contribution in [1.82, 2.24) is 9.55 Å². The maximum absolute atomic E-state index is 14.1. The van der Waals surface area contributed by atoms with Crippen molar-refractivity contribution in [3.05, 3.63) is 65.3 Å². The normalized spacial score (nSPS) is 15.2. The van der Waals surface area contributed by atoms with E-state index in [0.29, 0.717) is 18.8 Å². The summed E-state index contributed by atoms with van der Waals surface area (Å²) in [6, 6.07) is 11.2. The molecule has 1 fully saturated rings. The lowest BCUT2D eigenvalue weighted by molar-refractivity contribution is -0.137. The number of carboxylic acid groups (broad SMARTS) is 1. The molecule has 0 bridgehead atoms. The minimum absolute atomic E-state index is 0.0216. The van der Waals surface area contributed by atoms with E-state index in [0.717, 1.165) is 72.6 Å². The summed E-state index contributed by atoms with van der Waals surface area (Å²) in [5.41, 5.74) is 6.79. The molecule has 1 amide bonds. The van der Waals surface area contributed by atoms with Crippen molar-refractivity contribution in [3.63, 3.8) is 0 Å². The Morgan fingerprint density at radius 1 is 0.952 bits per heavy atom. The van der Waals surface area contributed by atoms with Gasteiger partial charge in [0.2, 0.25) is 5.91 Å². The van der Waals surface area contributed by atoms with Crippen molar-refractivity contribution in [1.29, 1.82) is 0 Å². The Bertz CT molecular complexity index is 1370. The predicted octanol–water partition coefficient (Wildman–Crippen LogP) is 5.20. The van der Waals surface area contributed by atoms with Crippen LogP contribution in [0.2, 0.25) is 0 Å². The van der Waals surface area contributed by atoms with Crippen LogP contribution in [0.1, 0.15) is 70.6 Å². The molecule has 9 nitrogen and oxygen atoms in total. The average Bonchev–Trinajstić information content (AvgIpc) is 3.00. The van der Waals surface area contributed by atoms with Gasteiger partial charge in [0, 0.05) is 48.9 Å². The minimum atomic E-state index is -1.10. The van der Waals surface area contributed by atoms with Crippen LogP contribution in [0.15, 0.2) is 59.8 Å². The number of aromatic nitrogens is 2. The third-order valence-corrected chi connectivity index (χ3v) is 8.20. The average molecular weight is 576 g/mol. The van der Waals surface area contributed by atoms with E-state index >= 15 is 0 Å². The summed E-state index contributed by atoms with van der Waals surface area (Å²) in [4.78, 5) is 46.3. The molecule has 3 N–H and O–H groups in total. The highest BCUT2D eigenvalue weighted by atomic mass is 16.4. The molecule has 0 radical (unpaired) electrons. The molecule has 0 saturated carbocycles. The number of carboxylic acids is 1. The van der Waals surface area contributed by atoms with E-state index in [1.807, 2.05) is 30.6 Å². The van der Waals surface area contributed by atoms with Crippen molar-refractivity contribution < 1.29 is 14.7 Å². The molecule has 1 aliphatic rings. The van der Waals surface area contributed by atoms with Crippen LogP contribution in [0, 0.1) is 5.92 Å². The van der Waals surface area contributed by atoms with Crippen LogP contribution in [0.25, 0.3) is 10.8 Å². The first-order chi connectivity index (χ1) is 20.5. The fraction of sp³-hybridized carbons (Fsp3) is 0.515. The number of carbonyl (C=O) groups excluding carboxylic acids is 1. The van der Waals surface area contributed by atoms with E-state index in [9.17, 15) is 19.5 Å². The Labute approximate surface area is 248 Å². The van der Waals surface area contributed by atoms with Gasteiger partial charge in [-0.3, -0.25) is 19.4 Å². The molecule has 4 rings (SSSR count). The van der Waals surface area contributed by atoms with Gasteiger partial charge in [-0.25, -0.2) is 0 Å². The van der Waals surface area contributed by atoms with E-state index in [1.54, 1.807) is 11.0 Å². The first-order valence-electron chi connectivity index (χ1n) is 15.5. The summed E-state index contributed by atoms with van der Waals surface area (Å²) >= 11 is 0. The standard InChI is InChI=1S/C33H45N5O4/c34-18-10-6-4-2-1-3-5-7-11-20-38(28-16-17-31(39)37(24-28)25-32(40)41)33(42)27-14-12-19-36(23-27)30-22-35-21-26-13-8-9-15-29(26)30/h8-9,13,15-17,21-22,24,27H,1-7,10-12,14,18-20,23,25,34H2,(H,40,41). The second-order valence-electron chi connectivity index (χ2n) is 11.4. The smallest absolute Gasteiger partial charge is 0.323 e. The molecule has 1 aliphatic heterocycles. The summed E-state index contributed by atoms with van der Waals surface area (Å²) in [7, 11) is 0. The Hall–Kier alpha value is -3.72. The first-order valence-corrected chi connectivity index (χ1v) is 15.5. The molecular weight excluding hydrogens is 530 g/mol. The molecule has 226 valence electrons. The number of anilines is 2. The second-order valence-corrected chi connectivity index (χ2v) is 11.4. The number of hydrogen-bond donors (Lipinski definition) is 2. The number of fused-ring (bicyclic) bond motifs is 1. The van der Waals surface area contributed by atoms with Gasteiger partial charge in [-0.1, -0.05) is 69.2 Å². The number of piperidine rings is 1.